The lowest BCUT2D eigenvalue weighted by Gasteiger charge is -1.99. The maximum absolute atomic E-state index is 10.0. The minimum atomic E-state index is -1.14. The van der Waals surface area contributed by atoms with Crippen LogP contribution in [-0.4, -0.2) is 17.3 Å². The van der Waals surface area contributed by atoms with Gasteiger partial charge >= 0.3 is 5.97 Å². The SMILES string of the molecule is O=C(O)/C=N/OCc1cccc(Cl)c1. The summed E-state index contributed by atoms with van der Waals surface area (Å²) in [5.41, 5.74) is 0.833. The van der Waals surface area contributed by atoms with Crippen LogP contribution in [0.15, 0.2) is 29.4 Å². The average molecular weight is 214 g/mol. The molecule has 0 aliphatic rings. The number of aliphatic carboxylic acids is 1. The van der Waals surface area contributed by atoms with Crippen LogP contribution in [0.1, 0.15) is 5.56 Å². The van der Waals surface area contributed by atoms with E-state index in [4.69, 9.17) is 21.5 Å². The van der Waals surface area contributed by atoms with Gasteiger partial charge in [-0.3, -0.25) is 0 Å². The Balaban J connectivity index is 2.42. The van der Waals surface area contributed by atoms with E-state index in [2.05, 4.69) is 5.16 Å². The lowest BCUT2D eigenvalue weighted by Crippen LogP contribution is -1.96. The van der Waals surface area contributed by atoms with Crippen molar-refractivity contribution in [3.05, 3.63) is 34.9 Å². The largest absolute Gasteiger partial charge is 0.477 e. The number of hydrogen-bond donors (Lipinski definition) is 1. The van der Waals surface area contributed by atoms with Crippen LogP contribution >= 0.6 is 11.6 Å². The first-order valence-electron chi connectivity index (χ1n) is 3.81. The zero-order chi connectivity index (χ0) is 10.4. The van der Waals surface area contributed by atoms with Crippen molar-refractivity contribution in [2.24, 2.45) is 5.16 Å². The predicted octanol–water partition coefficient (Wildman–Crippen LogP) is 1.93. The van der Waals surface area contributed by atoms with Gasteiger partial charge in [0.2, 0.25) is 0 Å². The highest BCUT2D eigenvalue weighted by atomic mass is 35.5. The summed E-state index contributed by atoms with van der Waals surface area (Å²) in [5, 5.41) is 12.0. The van der Waals surface area contributed by atoms with E-state index in [1.807, 2.05) is 6.07 Å². The molecule has 1 aromatic carbocycles. The molecule has 0 atom stereocenters. The smallest absolute Gasteiger partial charge is 0.350 e. The molecule has 0 aliphatic carbocycles. The summed E-state index contributed by atoms with van der Waals surface area (Å²) >= 11 is 5.72. The third-order valence-electron chi connectivity index (χ3n) is 1.36. The lowest BCUT2D eigenvalue weighted by molar-refractivity contribution is -0.129. The van der Waals surface area contributed by atoms with Crippen molar-refractivity contribution < 1.29 is 14.7 Å². The second-order valence-electron chi connectivity index (χ2n) is 2.48. The first kappa shape index (κ1) is 10.5. The van der Waals surface area contributed by atoms with Gasteiger partial charge in [-0.25, -0.2) is 4.79 Å². The molecule has 5 heteroatoms. The molecule has 0 spiro atoms. The van der Waals surface area contributed by atoms with Gasteiger partial charge in [0.1, 0.15) is 6.61 Å². The summed E-state index contributed by atoms with van der Waals surface area (Å²) in [6.07, 6.45) is 0.685. The van der Waals surface area contributed by atoms with Crippen LogP contribution in [0.25, 0.3) is 0 Å². The molecule has 1 rings (SSSR count). The average Bonchev–Trinajstić information content (AvgIpc) is 2.12. The van der Waals surface area contributed by atoms with Crippen molar-refractivity contribution in [2.75, 3.05) is 0 Å². The molecule has 1 aromatic rings. The van der Waals surface area contributed by atoms with Gasteiger partial charge in [0.25, 0.3) is 0 Å². The fourth-order valence-corrected chi connectivity index (χ4v) is 1.03. The third kappa shape index (κ3) is 3.91. The highest BCUT2D eigenvalue weighted by Gasteiger charge is 1.94. The quantitative estimate of drug-likeness (QED) is 0.614. The second kappa shape index (κ2) is 5.24. The fraction of sp³-hybridized carbons (Fsp3) is 0.111. The Kier molecular flexibility index (Phi) is 3.94. The highest BCUT2D eigenvalue weighted by molar-refractivity contribution is 6.30. The molecular formula is C9H8ClNO3. The number of halogens is 1. The van der Waals surface area contributed by atoms with Gasteiger partial charge in [0.05, 0.1) is 0 Å². The summed E-state index contributed by atoms with van der Waals surface area (Å²) in [6.45, 7) is 0.199. The number of oxime groups is 1. The highest BCUT2D eigenvalue weighted by Crippen LogP contribution is 2.11. The molecule has 14 heavy (non-hydrogen) atoms. The Labute approximate surface area is 85.7 Å². The lowest BCUT2D eigenvalue weighted by atomic mass is 10.2. The number of carboxylic acid groups (broad SMARTS) is 1. The minimum Gasteiger partial charge on any atom is -0.477 e. The van der Waals surface area contributed by atoms with Crippen molar-refractivity contribution in [3.63, 3.8) is 0 Å². The van der Waals surface area contributed by atoms with E-state index in [1.54, 1.807) is 18.2 Å². The third-order valence-corrected chi connectivity index (χ3v) is 1.59. The summed E-state index contributed by atoms with van der Waals surface area (Å²) in [7, 11) is 0. The Bertz CT molecular complexity index is 352. The van der Waals surface area contributed by atoms with Gasteiger partial charge in [-0.1, -0.05) is 28.9 Å². The van der Waals surface area contributed by atoms with Crippen LogP contribution in [0.5, 0.6) is 0 Å². The molecule has 0 saturated heterocycles. The molecular weight excluding hydrogens is 206 g/mol. The van der Waals surface area contributed by atoms with Crippen LogP contribution in [0.2, 0.25) is 5.02 Å². The van der Waals surface area contributed by atoms with Crippen LogP contribution in [0, 0.1) is 0 Å². The number of rotatable bonds is 4. The normalized spacial score (nSPS) is 10.4. The monoisotopic (exact) mass is 213 g/mol. The van der Waals surface area contributed by atoms with Crippen molar-refractivity contribution >= 4 is 23.8 Å². The first-order chi connectivity index (χ1) is 6.68. The summed E-state index contributed by atoms with van der Waals surface area (Å²) in [5.74, 6) is -1.14. The van der Waals surface area contributed by atoms with Gasteiger partial charge in [0.15, 0.2) is 6.21 Å². The number of carboxylic acids is 1. The molecule has 0 radical (unpaired) electrons. The van der Waals surface area contributed by atoms with E-state index in [1.165, 1.54) is 0 Å². The first-order valence-corrected chi connectivity index (χ1v) is 4.19. The van der Waals surface area contributed by atoms with Crippen molar-refractivity contribution in [1.82, 2.24) is 0 Å². The Morgan fingerprint density at radius 3 is 3.07 bits per heavy atom. The number of benzene rings is 1. The van der Waals surface area contributed by atoms with Crippen molar-refractivity contribution in [2.45, 2.75) is 6.61 Å². The molecule has 0 bridgehead atoms. The van der Waals surface area contributed by atoms with Crippen molar-refractivity contribution in [1.29, 1.82) is 0 Å². The summed E-state index contributed by atoms with van der Waals surface area (Å²) in [4.78, 5) is 14.7. The van der Waals surface area contributed by atoms with Gasteiger partial charge in [-0.2, -0.15) is 0 Å². The standard InChI is InChI=1S/C9H8ClNO3/c10-8-3-1-2-7(4-8)6-14-11-5-9(12)13/h1-5H,6H2,(H,12,13)/b11-5+. The van der Waals surface area contributed by atoms with Crippen LogP contribution in [0.4, 0.5) is 0 Å². The van der Waals surface area contributed by atoms with Gasteiger partial charge in [0, 0.05) is 5.02 Å². The molecule has 74 valence electrons. The molecule has 0 aliphatic heterocycles. The van der Waals surface area contributed by atoms with Crippen LogP contribution < -0.4 is 0 Å². The van der Waals surface area contributed by atoms with E-state index in [-0.39, 0.29) is 6.61 Å². The fourth-order valence-electron chi connectivity index (χ4n) is 0.821. The Morgan fingerprint density at radius 1 is 1.64 bits per heavy atom. The van der Waals surface area contributed by atoms with E-state index in [0.717, 1.165) is 5.56 Å². The summed E-state index contributed by atoms with van der Waals surface area (Å²) in [6, 6.07) is 7.05. The molecule has 4 nitrogen and oxygen atoms in total. The maximum atomic E-state index is 10.0. The van der Waals surface area contributed by atoms with Crippen LogP contribution in [-0.2, 0) is 16.2 Å². The van der Waals surface area contributed by atoms with E-state index in [9.17, 15) is 4.79 Å². The van der Waals surface area contributed by atoms with E-state index < -0.39 is 5.97 Å². The van der Waals surface area contributed by atoms with Crippen LogP contribution in [0.3, 0.4) is 0 Å². The minimum absolute atomic E-state index is 0.199. The van der Waals surface area contributed by atoms with Gasteiger partial charge in [-0.05, 0) is 17.7 Å². The maximum Gasteiger partial charge on any atom is 0.350 e. The van der Waals surface area contributed by atoms with Gasteiger partial charge in [-0.15, -0.1) is 0 Å². The molecule has 0 saturated carbocycles. The zero-order valence-corrected chi connectivity index (χ0v) is 7.94. The molecule has 1 N–H and O–H groups in total. The summed E-state index contributed by atoms with van der Waals surface area (Å²) < 4.78 is 0. The molecule has 0 fully saturated rings. The molecule has 0 amide bonds. The molecule has 0 aromatic heterocycles. The second-order valence-corrected chi connectivity index (χ2v) is 2.91. The Morgan fingerprint density at radius 2 is 2.43 bits per heavy atom. The number of nitrogens with zero attached hydrogens (tertiary/aromatic N) is 1. The number of hydrogen-bond acceptors (Lipinski definition) is 3. The Hall–Kier alpha value is -1.55. The number of carbonyl (C=O) groups is 1. The van der Waals surface area contributed by atoms with Crippen molar-refractivity contribution in [3.8, 4) is 0 Å². The van der Waals surface area contributed by atoms with Gasteiger partial charge < -0.3 is 9.94 Å². The predicted molar refractivity (Wildman–Crippen MR) is 52.4 cm³/mol. The van der Waals surface area contributed by atoms with E-state index >= 15 is 0 Å². The van der Waals surface area contributed by atoms with E-state index in [0.29, 0.717) is 11.2 Å². The topological polar surface area (TPSA) is 58.9 Å². The molecule has 0 unspecified atom stereocenters. The zero-order valence-electron chi connectivity index (χ0n) is 7.18. The molecule has 0 heterocycles.